The number of aliphatic hydroxyl groups excluding tert-OH is 1. The fourth-order valence-corrected chi connectivity index (χ4v) is 2.21. The highest BCUT2D eigenvalue weighted by atomic mass is 32.2. The second-order valence-corrected chi connectivity index (χ2v) is 5.12. The number of hydrogen-bond acceptors (Lipinski definition) is 3. The van der Waals surface area contributed by atoms with Crippen LogP contribution in [0.1, 0.15) is 24.5 Å². The zero-order valence-corrected chi connectivity index (χ0v) is 10.0. The van der Waals surface area contributed by atoms with Crippen molar-refractivity contribution in [3.05, 3.63) is 35.4 Å². The van der Waals surface area contributed by atoms with Crippen LogP contribution in [0.3, 0.4) is 0 Å². The molecule has 88 valence electrons. The van der Waals surface area contributed by atoms with Gasteiger partial charge in [0.1, 0.15) is 0 Å². The summed E-state index contributed by atoms with van der Waals surface area (Å²) in [6.45, 7) is 1.98. The van der Waals surface area contributed by atoms with E-state index in [1.54, 1.807) is 11.8 Å². The Bertz CT molecular complexity index is 335. The lowest BCUT2D eigenvalue weighted by Crippen LogP contribution is -2.05. The summed E-state index contributed by atoms with van der Waals surface area (Å²) in [4.78, 5) is 10.5. The Morgan fingerprint density at radius 1 is 1.31 bits per heavy atom. The van der Waals surface area contributed by atoms with Crippen LogP contribution in [-0.4, -0.2) is 21.4 Å². The average Bonchev–Trinajstić information content (AvgIpc) is 2.26. The largest absolute Gasteiger partial charge is 0.481 e. The minimum absolute atomic E-state index is 0.0584. The fraction of sp³-hybridized carbons (Fsp3) is 0.417. The predicted molar refractivity (Wildman–Crippen MR) is 65.4 cm³/mol. The van der Waals surface area contributed by atoms with Crippen molar-refractivity contribution in [2.75, 3.05) is 0 Å². The smallest absolute Gasteiger partial charge is 0.304 e. The van der Waals surface area contributed by atoms with Crippen LogP contribution < -0.4 is 0 Å². The van der Waals surface area contributed by atoms with E-state index in [-0.39, 0.29) is 18.3 Å². The molecule has 1 aromatic rings. The monoisotopic (exact) mass is 240 g/mol. The summed E-state index contributed by atoms with van der Waals surface area (Å²) in [5, 5.41) is 17.6. The van der Waals surface area contributed by atoms with Gasteiger partial charge in [0.25, 0.3) is 0 Å². The summed E-state index contributed by atoms with van der Waals surface area (Å²) in [5.74, 6) is 0.0517. The van der Waals surface area contributed by atoms with Crippen molar-refractivity contribution in [3.63, 3.8) is 0 Å². The van der Waals surface area contributed by atoms with Crippen LogP contribution in [0.15, 0.2) is 24.3 Å². The summed E-state index contributed by atoms with van der Waals surface area (Å²) in [6, 6.07) is 7.70. The molecule has 16 heavy (non-hydrogen) atoms. The molecule has 0 fully saturated rings. The third-order valence-electron chi connectivity index (χ3n) is 2.20. The summed E-state index contributed by atoms with van der Waals surface area (Å²) < 4.78 is 0. The molecule has 0 amide bonds. The van der Waals surface area contributed by atoms with Crippen LogP contribution in [0.4, 0.5) is 0 Å². The Hall–Kier alpha value is -1.00. The van der Waals surface area contributed by atoms with Gasteiger partial charge in [-0.25, -0.2) is 0 Å². The van der Waals surface area contributed by atoms with Crippen molar-refractivity contribution in [1.29, 1.82) is 0 Å². The first kappa shape index (κ1) is 13.1. The molecule has 0 heterocycles. The third kappa shape index (κ3) is 4.68. The van der Waals surface area contributed by atoms with E-state index in [2.05, 4.69) is 0 Å². The number of rotatable bonds is 6. The number of carbonyl (C=O) groups is 1. The van der Waals surface area contributed by atoms with E-state index in [0.29, 0.717) is 0 Å². The van der Waals surface area contributed by atoms with E-state index in [0.717, 1.165) is 16.9 Å². The zero-order chi connectivity index (χ0) is 12.0. The average molecular weight is 240 g/mol. The standard InChI is InChI=1S/C12H16O3S/c1-9(6-12(14)15)16-8-11-4-2-10(7-13)3-5-11/h2-5,9,13H,6-8H2,1H3,(H,14,15). The van der Waals surface area contributed by atoms with Crippen LogP contribution in [-0.2, 0) is 17.2 Å². The van der Waals surface area contributed by atoms with Gasteiger partial charge in [0.05, 0.1) is 13.0 Å². The Morgan fingerprint density at radius 3 is 2.38 bits per heavy atom. The van der Waals surface area contributed by atoms with Crippen molar-refractivity contribution < 1.29 is 15.0 Å². The summed E-state index contributed by atoms with van der Waals surface area (Å²) in [7, 11) is 0. The maximum absolute atomic E-state index is 10.5. The van der Waals surface area contributed by atoms with Crippen molar-refractivity contribution in [2.45, 2.75) is 31.0 Å². The van der Waals surface area contributed by atoms with Gasteiger partial charge in [-0.15, -0.1) is 0 Å². The number of thioether (sulfide) groups is 1. The van der Waals surface area contributed by atoms with Crippen LogP contribution in [0.2, 0.25) is 0 Å². The van der Waals surface area contributed by atoms with E-state index in [1.807, 2.05) is 31.2 Å². The van der Waals surface area contributed by atoms with Crippen LogP contribution in [0.5, 0.6) is 0 Å². The molecule has 0 aliphatic carbocycles. The number of hydrogen-bond donors (Lipinski definition) is 2. The van der Waals surface area contributed by atoms with E-state index >= 15 is 0 Å². The SMILES string of the molecule is CC(CC(=O)O)SCc1ccc(CO)cc1. The summed E-state index contributed by atoms with van der Waals surface area (Å²) in [6.07, 6.45) is 0.194. The second kappa shape index (κ2) is 6.55. The number of benzene rings is 1. The first-order valence-electron chi connectivity index (χ1n) is 5.14. The molecule has 4 heteroatoms. The number of aliphatic hydroxyl groups is 1. The Labute approximate surface area is 99.5 Å². The molecule has 0 aliphatic rings. The Balaban J connectivity index is 2.39. The first-order chi connectivity index (χ1) is 7.61. The molecule has 3 nitrogen and oxygen atoms in total. The van der Waals surface area contributed by atoms with E-state index < -0.39 is 5.97 Å². The van der Waals surface area contributed by atoms with E-state index in [4.69, 9.17) is 10.2 Å². The zero-order valence-electron chi connectivity index (χ0n) is 9.22. The lowest BCUT2D eigenvalue weighted by molar-refractivity contribution is -0.136. The lowest BCUT2D eigenvalue weighted by Gasteiger charge is -2.08. The van der Waals surface area contributed by atoms with Gasteiger partial charge < -0.3 is 10.2 Å². The van der Waals surface area contributed by atoms with Gasteiger partial charge in [0.15, 0.2) is 0 Å². The third-order valence-corrected chi connectivity index (χ3v) is 3.44. The second-order valence-electron chi connectivity index (χ2n) is 3.69. The topological polar surface area (TPSA) is 57.5 Å². The number of carboxylic acid groups (broad SMARTS) is 1. The van der Waals surface area contributed by atoms with Crippen molar-refractivity contribution in [3.8, 4) is 0 Å². The molecular weight excluding hydrogens is 224 g/mol. The summed E-state index contributed by atoms with van der Waals surface area (Å²) >= 11 is 1.63. The highest BCUT2D eigenvalue weighted by Crippen LogP contribution is 2.20. The molecule has 0 radical (unpaired) electrons. The minimum Gasteiger partial charge on any atom is -0.481 e. The van der Waals surface area contributed by atoms with Crippen molar-refractivity contribution in [1.82, 2.24) is 0 Å². The highest BCUT2D eigenvalue weighted by Gasteiger charge is 2.07. The van der Waals surface area contributed by atoms with Gasteiger partial charge in [0, 0.05) is 11.0 Å². The van der Waals surface area contributed by atoms with E-state index in [1.165, 1.54) is 0 Å². The van der Waals surface area contributed by atoms with Gasteiger partial charge in [-0.3, -0.25) is 4.79 Å². The molecule has 1 aromatic carbocycles. The predicted octanol–water partition coefficient (Wildman–Crippen LogP) is 2.28. The van der Waals surface area contributed by atoms with Crippen molar-refractivity contribution >= 4 is 17.7 Å². The van der Waals surface area contributed by atoms with Gasteiger partial charge in [-0.05, 0) is 11.1 Å². The van der Waals surface area contributed by atoms with Crippen LogP contribution >= 0.6 is 11.8 Å². The van der Waals surface area contributed by atoms with Gasteiger partial charge in [-0.2, -0.15) is 11.8 Å². The van der Waals surface area contributed by atoms with E-state index in [9.17, 15) is 4.79 Å². The number of aliphatic carboxylic acids is 1. The Morgan fingerprint density at radius 2 is 1.88 bits per heavy atom. The van der Waals surface area contributed by atoms with Crippen LogP contribution in [0.25, 0.3) is 0 Å². The molecule has 0 aromatic heterocycles. The minimum atomic E-state index is -0.754. The molecule has 0 saturated carbocycles. The molecule has 0 spiro atoms. The molecule has 1 atom stereocenters. The molecule has 1 unspecified atom stereocenters. The molecule has 0 saturated heterocycles. The maximum Gasteiger partial charge on any atom is 0.304 e. The molecule has 0 bridgehead atoms. The first-order valence-corrected chi connectivity index (χ1v) is 6.18. The Kier molecular flexibility index (Phi) is 5.35. The van der Waals surface area contributed by atoms with Gasteiger partial charge in [-0.1, -0.05) is 31.2 Å². The lowest BCUT2D eigenvalue weighted by atomic mass is 10.2. The fourth-order valence-electron chi connectivity index (χ4n) is 1.28. The quantitative estimate of drug-likeness (QED) is 0.801. The highest BCUT2D eigenvalue weighted by molar-refractivity contribution is 7.99. The molecular formula is C12H16O3S. The molecule has 2 N–H and O–H groups in total. The van der Waals surface area contributed by atoms with Gasteiger partial charge >= 0.3 is 5.97 Å². The normalized spacial score (nSPS) is 12.4. The van der Waals surface area contributed by atoms with Gasteiger partial charge in [0.2, 0.25) is 0 Å². The number of carboxylic acids is 1. The van der Waals surface area contributed by atoms with Crippen LogP contribution in [0, 0.1) is 0 Å². The van der Waals surface area contributed by atoms with Crippen molar-refractivity contribution in [2.24, 2.45) is 0 Å². The summed E-state index contributed by atoms with van der Waals surface area (Å²) in [5.41, 5.74) is 2.05. The maximum atomic E-state index is 10.5. The molecule has 1 rings (SSSR count). The molecule has 0 aliphatic heterocycles.